The fourth-order valence-corrected chi connectivity index (χ4v) is 1.33. The Morgan fingerprint density at radius 3 is 3.10 bits per heavy atom. The van der Waals surface area contributed by atoms with Crippen LogP contribution in [-0.4, -0.2) is 11.1 Å². The van der Waals surface area contributed by atoms with Gasteiger partial charge in [-0.2, -0.15) is 0 Å². The summed E-state index contributed by atoms with van der Waals surface area (Å²) in [6.07, 6.45) is 2.16. The van der Waals surface area contributed by atoms with Crippen LogP contribution in [0.3, 0.4) is 0 Å². The third-order valence-corrected chi connectivity index (χ3v) is 2.04. The van der Waals surface area contributed by atoms with Gasteiger partial charge in [0.1, 0.15) is 0 Å². The predicted molar refractivity (Wildman–Crippen MR) is 40.3 cm³/mol. The first kappa shape index (κ1) is 5.71. The van der Waals surface area contributed by atoms with Crippen molar-refractivity contribution in [1.29, 1.82) is 0 Å². The van der Waals surface area contributed by atoms with Crippen molar-refractivity contribution in [3.63, 3.8) is 0 Å². The number of hydrogen-bond donors (Lipinski definition) is 0. The van der Waals surface area contributed by atoms with E-state index in [1.165, 1.54) is 11.0 Å². The topological polar surface area (TPSA) is 17.3 Å². The Hall–Kier alpha value is -1.05. The zero-order valence-corrected chi connectivity index (χ0v) is 6.26. The van der Waals surface area contributed by atoms with E-state index in [0.29, 0.717) is 0 Å². The zero-order valence-electron chi connectivity index (χ0n) is 6.26. The summed E-state index contributed by atoms with van der Waals surface area (Å²) in [5, 5.41) is 2.43. The summed E-state index contributed by atoms with van der Waals surface area (Å²) in [5.74, 6) is 0. The molecule has 2 rings (SSSR count). The van der Waals surface area contributed by atoms with Crippen LogP contribution in [0.4, 0.5) is 0 Å². The molecule has 2 nitrogen and oxygen atoms in total. The molecule has 1 aromatic heterocycles. The second-order valence-corrected chi connectivity index (χ2v) is 2.66. The number of rotatable bonds is 0. The number of aryl methyl sites for hydroxylation is 1. The van der Waals surface area contributed by atoms with Crippen LogP contribution >= 0.6 is 0 Å². The smallest absolute Gasteiger partial charge is 0.0829 e. The summed E-state index contributed by atoms with van der Waals surface area (Å²) >= 11 is 0. The summed E-state index contributed by atoms with van der Waals surface area (Å²) < 4.78 is 2.17. The molecule has 2 heterocycles. The van der Waals surface area contributed by atoms with E-state index in [9.17, 15) is 0 Å². The standard InChI is InChI=1S/C8H10N2/c1-6-5-7-8(10(6)2)3-4-9-7/h3,5H,4H2,1-2H3. The Bertz CT molecular complexity index is 371. The molecule has 0 amide bonds. The van der Waals surface area contributed by atoms with Crippen molar-refractivity contribution in [2.24, 2.45) is 12.0 Å². The average molecular weight is 134 g/mol. The van der Waals surface area contributed by atoms with Gasteiger partial charge in [-0.25, -0.2) is 0 Å². The van der Waals surface area contributed by atoms with E-state index < -0.39 is 0 Å². The third kappa shape index (κ3) is 0.561. The van der Waals surface area contributed by atoms with Crippen LogP contribution in [0.1, 0.15) is 5.69 Å². The minimum Gasteiger partial charge on any atom is -0.347 e. The van der Waals surface area contributed by atoms with E-state index in [1.807, 2.05) is 0 Å². The minimum atomic E-state index is 0.860. The molecular formula is C8H10N2. The maximum Gasteiger partial charge on any atom is 0.0829 e. The van der Waals surface area contributed by atoms with Crippen LogP contribution in [0.2, 0.25) is 0 Å². The van der Waals surface area contributed by atoms with E-state index in [-0.39, 0.29) is 0 Å². The number of nitrogens with zero attached hydrogens (tertiary/aromatic N) is 2. The average Bonchev–Trinajstić information content (AvgIpc) is 2.41. The molecule has 0 spiro atoms. The predicted octanol–water partition coefficient (Wildman–Crippen LogP) is -0.253. The molecule has 0 N–H and O–H groups in total. The fraction of sp³-hybridized carbons (Fsp3) is 0.375. The summed E-state index contributed by atoms with van der Waals surface area (Å²) in [6.45, 7) is 2.96. The Labute approximate surface area is 59.5 Å². The van der Waals surface area contributed by atoms with Crippen LogP contribution in [0.15, 0.2) is 11.1 Å². The van der Waals surface area contributed by atoms with Gasteiger partial charge in [0, 0.05) is 12.7 Å². The van der Waals surface area contributed by atoms with Gasteiger partial charge in [-0.05, 0) is 19.1 Å². The van der Waals surface area contributed by atoms with Crippen molar-refractivity contribution >= 4 is 6.08 Å². The minimum absolute atomic E-state index is 0.860. The molecule has 0 bridgehead atoms. The van der Waals surface area contributed by atoms with E-state index in [4.69, 9.17) is 0 Å². The summed E-state index contributed by atoms with van der Waals surface area (Å²) in [4.78, 5) is 4.30. The van der Waals surface area contributed by atoms with Crippen molar-refractivity contribution in [3.05, 3.63) is 22.5 Å². The van der Waals surface area contributed by atoms with E-state index in [1.54, 1.807) is 0 Å². The quantitative estimate of drug-likeness (QED) is 0.465. The first-order valence-electron chi connectivity index (χ1n) is 3.46. The lowest BCUT2D eigenvalue weighted by molar-refractivity contribution is 0.849. The maximum absolute atomic E-state index is 4.30. The van der Waals surface area contributed by atoms with Crippen molar-refractivity contribution < 1.29 is 0 Å². The lowest BCUT2D eigenvalue weighted by Crippen LogP contribution is -2.24. The van der Waals surface area contributed by atoms with Gasteiger partial charge in [0.25, 0.3) is 0 Å². The van der Waals surface area contributed by atoms with E-state index in [2.05, 4.69) is 35.7 Å². The molecule has 2 heteroatoms. The molecule has 0 aromatic carbocycles. The molecule has 0 atom stereocenters. The third-order valence-electron chi connectivity index (χ3n) is 2.04. The number of fused-ring (bicyclic) bond motifs is 1. The molecule has 1 aliphatic heterocycles. The van der Waals surface area contributed by atoms with Gasteiger partial charge in [0.15, 0.2) is 0 Å². The second-order valence-electron chi connectivity index (χ2n) is 2.66. The van der Waals surface area contributed by atoms with Crippen LogP contribution in [0, 0.1) is 6.92 Å². The Morgan fingerprint density at radius 2 is 2.40 bits per heavy atom. The SMILES string of the molecule is Cc1cc2c(n1C)=CCN=2. The molecule has 1 aromatic rings. The summed E-state index contributed by atoms with van der Waals surface area (Å²) in [7, 11) is 2.07. The Balaban J connectivity index is 2.97. The van der Waals surface area contributed by atoms with E-state index in [0.717, 1.165) is 11.9 Å². The van der Waals surface area contributed by atoms with Gasteiger partial charge < -0.3 is 4.57 Å². The van der Waals surface area contributed by atoms with Gasteiger partial charge in [-0.3, -0.25) is 4.99 Å². The molecule has 0 radical (unpaired) electrons. The molecule has 0 unspecified atom stereocenters. The first-order chi connectivity index (χ1) is 4.79. The molecule has 0 fully saturated rings. The maximum atomic E-state index is 4.30. The summed E-state index contributed by atoms with van der Waals surface area (Å²) in [5.41, 5.74) is 1.28. The summed E-state index contributed by atoms with van der Waals surface area (Å²) in [6, 6.07) is 2.12. The fourth-order valence-electron chi connectivity index (χ4n) is 1.33. The van der Waals surface area contributed by atoms with Gasteiger partial charge >= 0.3 is 0 Å². The first-order valence-corrected chi connectivity index (χ1v) is 3.46. The van der Waals surface area contributed by atoms with Crippen molar-refractivity contribution in [1.82, 2.24) is 4.57 Å². The van der Waals surface area contributed by atoms with Crippen LogP contribution in [0.25, 0.3) is 6.08 Å². The normalized spacial score (nSPS) is 14.2. The van der Waals surface area contributed by atoms with Gasteiger partial charge in [0.05, 0.1) is 17.3 Å². The largest absolute Gasteiger partial charge is 0.347 e. The molecule has 1 aliphatic rings. The van der Waals surface area contributed by atoms with Crippen molar-refractivity contribution in [2.75, 3.05) is 6.54 Å². The Morgan fingerprint density at radius 1 is 1.60 bits per heavy atom. The van der Waals surface area contributed by atoms with Gasteiger partial charge in [-0.15, -0.1) is 0 Å². The molecule has 0 saturated carbocycles. The highest BCUT2D eigenvalue weighted by Gasteiger charge is 2.00. The lowest BCUT2D eigenvalue weighted by Gasteiger charge is -1.92. The highest BCUT2D eigenvalue weighted by molar-refractivity contribution is 5.28. The Kier molecular flexibility index (Phi) is 0.982. The van der Waals surface area contributed by atoms with Gasteiger partial charge in [0.2, 0.25) is 0 Å². The second kappa shape index (κ2) is 1.72. The van der Waals surface area contributed by atoms with Crippen LogP contribution in [-0.2, 0) is 7.05 Å². The van der Waals surface area contributed by atoms with Gasteiger partial charge in [-0.1, -0.05) is 0 Å². The number of aromatic nitrogens is 1. The van der Waals surface area contributed by atoms with Crippen molar-refractivity contribution in [3.8, 4) is 0 Å². The lowest BCUT2D eigenvalue weighted by atomic mass is 10.5. The monoisotopic (exact) mass is 134 g/mol. The van der Waals surface area contributed by atoms with E-state index >= 15 is 0 Å². The zero-order chi connectivity index (χ0) is 7.14. The number of hydrogen-bond acceptors (Lipinski definition) is 1. The molecule has 0 aliphatic carbocycles. The molecular weight excluding hydrogens is 124 g/mol. The van der Waals surface area contributed by atoms with Crippen molar-refractivity contribution in [2.45, 2.75) is 6.92 Å². The molecule has 10 heavy (non-hydrogen) atoms. The highest BCUT2D eigenvalue weighted by Crippen LogP contribution is 1.88. The molecule has 52 valence electrons. The van der Waals surface area contributed by atoms with Crippen LogP contribution < -0.4 is 10.7 Å². The van der Waals surface area contributed by atoms with Crippen LogP contribution in [0.5, 0.6) is 0 Å². The molecule has 0 saturated heterocycles. The highest BCUT2D eigenvalue weighted by atomic mass is 15.0.